The average Bonchev–Trinajstić information content (AvgIpc) is 2.64. The predicted octanol–water partition coefficient (Wildman–Crippen LogP) is 3.76. The molecule has 140 valence electrons. The summed E-state index contributed by atoms with van der Waals surface area (Å²) in [6.45, 7) is 4.61. The van der Waals surface area contributed by atoms with E-state index in [1.54, 1.807) is 54.6 Å². The molecule has 0 fully saturated rings. The molecule has 1 heterocycles. The van der Waals surface area contributed by atoms with Crippen LogP contribution < -0.4 is 15.4 Å². The minimum absolute atomic E-state index is 0.222. The highest BCUT2D eigenvalue weighted by Gasteiger charge is 2.13. The number of nitrogens with zero attached hydrogens (tertiary/aromatic N) is 2. The number of anilines is 4. The second kappa shape index (κ2) is 8.05. The van der Waals surface area contributed by atoms with Crippen LogP contribution in [0.1, 0.15) is 12.6 Å². The predicted molar refractivity (Wildman–Crippen MR) is 108 cm³/mol. The fraction of sp³-hybridized carbons (Fsp3) is 0.158. The van der Waals surface area contributed by atoms with E-state index in [0.29, 0.717) is 17.5 Å². The van der Waals surface area contributed by atoms with Gasteiger partial charge in [-0.3, -0.25) is 4.72 Å². The van der Waals surface area contributed by atoms with E-state index in [4.69, 9.17) is 0 Å². The third-order valence-corrected chi connectivity index (χ3v) is 5.05. The first-order valence-corrected chi connectivity index (χ1v) is 9.99. The Labute approximate surface area is 158 Å². The van der Waals surface area contributed by atoms with Gasteiger partial charge in [-0.15, -0.1) is 0 Å². The maximum absolute atomic E-state index is 12.4. The topological polar surface area (TPSA) is 96.0 Å². The molecule has 3 rings (SSSR count). The molecule has 0 amide bonds. The van der Waals surface area contributed by atoms with Gasteiger partial charge in [0.2, 0.25) is 5.95 Å². The van der Waals surface area contributed by atoms with Gasteiger partial charge >= 0.3 is 0 Å². The van der Waals surface area contributed by atoms with Crippen molar-refractivity contribution in [2.45, 2.75) is 18.7 Å². The standard InChI is InChI=1S/C19H21N5O2S/c1-3-20-19-21-14(2)13-18(23-19)22-15-9-11-16(12-10-15)24-27(25,26)17-7-5-4-6-8-17/h4-13,24H,3H2,1-2H3,(H2,20,21,22,23). The van der Waals surface area contributed by atoms with Crippen molar-refractivity contribution in [3.8, 4) is 0 Å². The third-order valence-electron chi connectivity index (χ3n) is 3.65. The average molecular weight is 383 g/mol. The summed E-state index contributed by atoms with van der Waals surface area (Å²) < 4.78 is 27.3. The monoisotopic (exact) mass is 383 g/mol. The summed E-state index contributed by atoms with van der Waals surface area (Å²) in [6.07, 6.45) is 0. The Morgan fingerprint density at radius 2 is 1.59 bits per heavy atom. The number of aryl methyl sites for hydroxylation is 1. The Bertz CT molecular complexity index is 1010. The number of hydrogen-bond donors (Lipinski definition) is 3. The van der Waals surface area contributed by atoms with Crippen LogP contribution in [-0.2, 0) is 10.0 Å². The minimum Gasteiger partial charge on any atom is -0.354 e. The van der Waals surface area contributed by atoms with Gasteiger partial charge in [-0.2, -0.15) is 4.98 Å². The fourth-order valence-electron chi connectivity index (χ4n) is 2.45. The summed E-state index contributed by atoms with van der Waals surface area (Å²) in [5, 5.41) is 6.28. The molecule has 0 aliphatic heterocycles. The van der Waals surface area contributed by atoms with Crippen molar-refractivity contribution >= 4 is 33.2 Å². The number of benzene rings is 2. The van der Waals surface area contributed by atoms with Gasteiger partial charge in [0.25, 0.3) is 10.0 Å². The molecule has 27 heavy (non-hydrogen) atoms. The summed E-state index contributed by atoms with van der Waals surface area (Å²) in [5.74, 6) is 1.23. The highest BCUT2D eigenvalue weighted by atomic mass is 32.2. The first kappa shape index (κ1) is 18.7. The normalized spacial score (nSPS) is 11.0. The molecule has 0 spiro atoms. The van der Waals surface area contributed by atoms with E-state index in [2.05, 4.69) is 25.3 Å². The molecule has 3 N–H and O–H groups in total. The van der Waals surface area contributed by atoms with E-state index in [-0.39, 0.29) is 4.90 Å². The van der Waals surface area contributed by atoms with E-state index in [1.165, 1.54) is 0 Å². The molecular weight excluding hydrogens is 362 g/mol. The number of sulfonamides is 1. The van der Waals surface area contributed by atoms with Gasteiger partial charge in [0.05, 0.1) is 4.90 Å². The molecule has 0 aliphatic rings. The number of rotatable bonds is 7. The molecule has 0 bridgehead atoms. The van der Waals surface area contributed by atoms with E-state index in [0.717, 1.165) is 17.9 Å². The van der Waals surface area contributed by atoms with Crippen LogP contribution in [0.4, 0.5) is 23.1 Å². The van der Waals surface area contributed by atoms with Crippen LogP contribution in [-0.4, -0.2) is 24.9 Å². The molecule has 0 radical (unpaired) electrons. The van der Waals surface area contributed by atoms with Gasteiger partial charge in [-0.1, -0.05) is 18.2 Å². The Kier molecular flexibility index (Phi) is 5.56. The second-order valence-corrected chi connectivity index (χ2v) is 7.55. The molecule has 1 aromatic heterocycles. The molecule has 0 saturated heterocycles. The van der Waals surface area contributed by atoms with Crippen LogP contribution in [0.5, 0.6) is 0 Å². The number of hydrogen-bond acceptors (Lipinski definition) is 6. The van der Waals surface area contributed by atoms with Gasteiger partial charge in [0, 0.05) is 29.7 Å². The zero-order valence-corrected chi connectivity index (χ0v) is 15.9. The van der Waals surface area contributed by atoms with E-state index in [9.17, 15) is 8.42 Å². The zero-order valence-electron chi connectivity index (χ0n) is 15.1. The lowest BCUT2D eigenvalue weighted by Crippen LogP contribution is -2.12. The molecule has 7 nitrogen and oxygen atoms in total. The van der Waals surface area contributed by atoms with Crippen LogP contribution in [0.25, 0.3) is 0 Å². The van der Waals surface area contributed by atoms with Gasteiger partial charge in [0.1, 0.15) is 5.82 Å². The van der Waals surface area contributed by atoms with Crippen molar-refractivity contribution < 1.29 is 8.42 Å². The number of aromatic nitrogens is 2. The zero-order chi connectivity index (χ0) is 19.3. The van der Waals surface area contributed by atoms with Crippen LogP contribution in [0.3, 0.4) is 0 Å². The van der Waals surface area contributed by atoms with E-state index < -0.39 is 10.0 Å². The summed E-state index contributed by atoms with van der Waals surface area (Å²) in [4.78, 5) is 8.93. The summed E-state index contributed by atoms with van der Waals surface area (Å²) in [7, 11) is -3.60. The lowest BCUT2D eigenvalue weighted by atomic mass is 10.3. The third kappa shape index (κ3) is 4.95. The van der Waals surface area contributed by atoms with Gasteiger partial charge < -0.3 is 10.6 Å². The van der Waals surface area contributed by atoms with Crippen LogP contribution in [0.15, 0.2) is 65.6 Å². The van der Waals surface area contributed by atoms with Crippen molar-refractivity contribution in [3.05, 3.63) is 66.4 Å². The lowest BCUT2D eigenvalue weighted by Gasteiger charge is -2.11. The smallest absolute Gasteiger partial charge is 0.261 e. The molecule has 8 heteroatoms. The molecule has 3 aromatic rings. The van der Waals surface area contributed by atoms with Crippen LogP contribution in [0.2, 0.25) is 0 Å². The molecule has 0 atom stereocenters. The summed E-state index contributed by atoms with van der Waals surface area (Å²) in [6, 6.07) is 17.1. The SMILES string of the molecule is CCNc1nc(C)cc(Nc2ccc(NS(=O)(=O)c3ccccc3)cc2)n1. The first-order chi connectivity index (χ1) is 13.0. The summed E-state index contributed by atoms with van der Waals surface area (Å²) >= 11 is 0. The largest absolute Gasteiger partial charge is 0.354 e. The molecule has 0 aliphatic carbocycles. The van der Waals surface area contributed by atoms with Gasteiger partial charge in [-0.25, -0.2) is 13.4 Å². The molecule has 0 unspecified atom stereocenters. The van der Waals surface area contributed by atoms with Crippen LogP contribution >= 0.6 is 0 Å². The Morgan fingerprint density at radius 1 is 0.926 bits per heavy atom. The minimum atomic E-state index is -3.60. The van der Waals surface area contributed by atoms with Gasteiger partial charge in [-0.05, 0) is 50.2 Å². The van der Waals surface area contributed by atoms with Gasteiger partial charge in [0.15, 0.2) is 0 Å². The quantitative estimate of drug-likeness (QED) is 0.575. The van der Waals surface area contributed by atoms with Crippen molar-refractivity contribution in [1.82, 2.24) is 9.97 Å². The van der Waals surface area contributed by atoms with Crippen LogP contribution in [0, 0.1) is 6.92 Å². The maximum Gasteiger partial charge on any atom is 0.261 e. The Morgan fingerprint density at radius 3 is 2.26 bits per heavy atom. The van der Waals surface area contributed by atoms with Crippen molar-refractivity contribution in [3.63, 3.8) is 0 Å². The molecular formula is C19H21N5O2S. The second-order valence-electron chi connectivity index (χ2n) is 5.87. The first-order valence-electron chi connectivity index (χ1n) is 8.51. The lowest BCUT2D eigenvalue weighted by molar-refractivity contribution is 0.601. The van der Waals surface area contributed by atoms with Crippen molar-refractivity contribution in [2.75, 3.05) is 21.9 Å². The van der Waals surface area contributed by atoms with E-state index >= 15 is 0 Å². The van der Waals surface area contributed by atoms with Crippen molar-refractivity contribution in [2.24, 2.45) is 0 Å². The van der Waals surface area contributed by atoms with Crippen molar-refractivity contribution in [1.29, 1.82) is 0 Å². The Balaban J connectivity index is 1.73. The molecule has 0 saturated carbocycles. The Hall–Kier alpha value is -3.13. The summed E-state index contributed by atoms with van der Waals surface area (Å²) in [5.41, 5.74) is 2.12. The maximum atomic E-state index is 12.4. The highest BCUT2D eigenvalue weighted by molar-refractivity contribution is 7.92. The van der Waals surface area contributed by atoms with E-state index in [1.807, 2.05) is 19.9 Å². The highest BCUT2D eigenvalue weighted by Crippen LogP contribution is 2.21. The molecule has 2 aromatic carbocycles. The number of nitrogens with one attached hydrogen (secondary N) is 3. The fourth-order valence-corrected chi connectivity index (χ4v) is 3.53.